The van der Waals surface area contributed by atoms with Crippen LogP contribution < -0.4 is 5.32 Å². The molecule has 6 nitrogen and oxygen atoms in total. The summed E-state index contributed by atoms with van der Waals surface area (Å²) in [7, 11) is 1.69. The van der Waals surface area contributed by atoms with Crippen molar-refractivity contribution in [1.29, 1.82) is 0 Å². The Labute approximate surface area is 94.1 Å². The topological polar surface area (TPSA) is 73.0 Å². The number of hydrogen-bond donors (Lipinski definition) is 1. The van der Waals surface area contributed by atoms with Gasteiger partial charge in [-0.2, -0.15) is 5.10 Å². The summed E-state index contributed by atoms with van der Waals surface area (Å²) in [6, 6.07) is 0. The van der Waals surface area contributed by atoms with Crippen LogP contribution in [0.5, 0.6) is 0 Å². The van der Waals surface area contributed by atoms with Crippen LogP contribution >= 0.6 is 0 Å². The van der Waals surface area contributed by atoms with E-state index >= 15 is 0 Å². The fourth-order valence-corrected chi connectivity index (χ4v) is 1.42. The molecule has 1 heterocycles. The van der Waals surface area contributed by atoms with E-state index in [4.69, 9.17) is 0 Å². The van der Waals surface area contributed by atoms with Crippen molar-refractivity contribution in [2.45, 2.75) is 20.8 Å². The molecule has 6 heteroatoms. The van der Waals surface area contributed by atoms with Crippen LogP contribution in [0.25, 0.3) is 0 Å². The molecule has 0 saturated carbocycles. The van der Waals surface area contributed by atoms with Crippen molar-refractivity contribution in [3.05, 3.63) is 27.5 Å². The Bertz CT molecular complexity index is 430. The smallest absolute Gasteiger partial charge is 0.333 e. The van der Waals surface area contributed by atoms with Crippen LogP contribution in [0.4, 0.5) is 11.5 Å². The second kappa shape index (κ2) is 4.78. The number of rotatable bonds is 4. The molecule has 0 amide bonds. The summed E-state index contributed by atoms with van der Waals surface area (Å²) >= 11 is 0. The molecule has 0 aliphatic heterocycles. The van der Waals surface area contributed by atoms with Crippen LogP contribution in [-0.2, 0) is 7.05 Å². The summed E-state index contributed by atoms with van der Waals surface area (Å²) in [5.41, 5.74) is 1.63. The zero-order valence-corrected chi connectivity index (χ0v) is 9.94. The van der Waals surface area contributed by atoms with Crippen LogP contribution in [0, 0.1) is 17.0 Å². The highest BCUT2D eigenvalue weighted by atomic mass is 16.6. The van der Waals surface area contributed by atoms with Gasteiger partial charge >= 0.3 is 5.69 Å². The minimum absolute atomic E-state index is 0.0460. The van der Waals surface area contributed by atoms with Crippen LogP contribution in [0.15, 0.2) is 11.6 Å². The second-order valence-corrected chi connectivity index (χ2v) is 3.83. The van der Waals surface area contributed by atoms with Crippen LogP contribution in [0.3, 0.4) is 0 Å². The molecule has 0 radical (unpaired) electrons. The molecule has 16 heavy (non-hydrogen) atoms. The number of hydrogen-bond acceptors (Lipinski definition) is 4. The first-order valence-corrected chi connectivity index (χ1v) is 4.98. The molecule has 0 spiro atoms. The summed E-state index contributed by atoms with van der Waals surface area (Å²) < 4.78 is 1.49. The Balaban J connectivity index is 2.94. The zero-order valence-electron chi connectivity index (χ0n) is 9.94. The Kier molecular flexibility index (Phi) is 3.65. The van der Waals surface area contributed by atoms with Gasteiger partial charge in [-0.25, -0.2) is 4.68 Å². The third-order valence-electron chi connectivity index (χ3n) is 2.15. The van der Waals surface area contributed by atoms with E-state index < -0.39 is 4.92 Å². The largest absolute Gasteiger partial charge is 0.361 e. The molecule has 0 aliphatic rings. The van der Waals surface area contributed by atoms with Crippen molar-refractivity contribution in [3.63, 3.8) is 0 Å². The second-order valence-electron chi connectivity index (χ2n) is 3.83. The van der Waals surface area contributed by atoms with E-state index in [1.54, 1.807) is 14.0 Å². The Morgan fingerprint density at radius 1 is 1.62 bits per heavy atom. The normalized spacial score (nSPS) is 10.0. The third kappa shape index (κ3) is 2.59. The molecule has 0 bridgehead atoms. The highest BCUT2D eigenvalue weighted by molar-refractivity contribution is 5.59. The van der Waals surface area contributed by atoms with Gasteiger partial charge in [-0.15, -0.1) is 0 Å². The highest BCUT2D eigenvalue weighted by Gasteiger charge is 2.23. The molecular formula is C10H16N4O2. The van der Waals surface area contributed by atoms with Crippen LogP contribution in [-0.4, -0.2) is 21.2 Å². The number of allylic oxidation sites excluding steroid dienone is 1. The Morgan fingerprint density at radius 2 is 2.25 bits per heavy atom. The maximum absolute atomic E-state index is 10.8. The zero-order chi connectivity index (χ0) is 12.3. The molecule has 0 aliphatic carbocycles. The van der Waals surface area contributed by atoms with E-state index in [-0.39, 0.29) is 5.69 Å². The summed E-state index contributed by atoms with van der Waals surface area (Å²) in [5.74, 6) is 0.444. The number of aryl methyl sites for hydroxylation is 2. The molecule has 0 fully saturated rings. The van der Waals surface area contributed by atoms with Gasteiger partial charge in [0.25, 0.3) is 0 Å². The van der Waals surface area contributed by atoms with E-state index in [9.17, 15) is 10.1 Å². The van der Waals surface area contributed by atoms with E-state index in [1.807, 2.05) is 19.9 Å². The molecule has 1 aromatic heterocycles. The predicted octanol–water partition coefficient (Wildman–Crippen LogP) is 2.01. The number of nitro groups is 1. The minimum Gasteiger partial charge on any atom is -0.361 e. The summed E-state index contributed by atoms with van der Waals surface area (Å²) in [6.45, 7) is 6.14. The first kappa shape index (κ1) is 12.2. The Hall–Kier alpha value is -1.85. The van der Waals surface area contributed by atoms with E-state index in [0.717, 1.165) is 5.57 Å². The lowest BCUT2D eigenvalue weighted by Crippen LogP contribution is -2.06. The lowest BCUT2D eigenvalue weighted by Gasteiger charge is -2.03. The first-order chi connectivity index (χ1) is 7.43. The van der Waals surface area contributed by atoms with Crippen molar-refractivity contribution < 1.29 is 4.92 Å². The van der Waals surface area contributed by atoms with Crippen molar-refractivity contribution in [3.8, 4) is 0 Å². The highest BCUT2D eigenvalue weighted by Crippen LogP contribution is 2.26. The summed E-state index contributed by atoms with van der Waals surface area (Å²) in [6.07, 6.45) is 1.96. The maximum atomic E-state index is 10.8. The van der Waals surface area contributed by atoms with Gasteiger partial charge in [0.1, 0.15) is 5.69 Å². The average Bonchev–Trinajstić information content (AvgIpc) is 2.40. The van der Waals surface area contributed by atoms with E-state index in [0.29, 0.717) is 18.1 Å². The van der Waals surface area contributed by atoms with Gasteiger partial charge in [0.2, 0.25) is 5.82 Å². The van der Waals surface area contributed by atoms with Crippen molar-refractivity contribution in [2.75, 3.05) is 11.9 Å². The molecule has 0 atom stereocenters. The predicted molar refractivity (Wildman–Crippen MR) is 62.5 cm³/mol. The van der Waals surface area contributed by atoms with Gasteiger partial charge in [-0.05, 0) is 20.8 Å². The third-order valence-corrected chi connectivity index (χ3v) is 2.15. The standard InChI is InChI=1S/C10H16N4O2/c1-7(2)5-6-11-10-9(14(15)16)8(3)12-13(10)4/h5,11H,6H2,1-4H3. The van der Waals surface area contributed by atoms with Gasteiger partial charge < -0.3 is 5.32 Å². The average molecular weight is 224 g/mol. The number of nitrogens with one attached hydrogen (secondary N) is 1. The van der Waals surface area contributed by atoms with Gasteiger partial charge in [0, 0.05) is 13.6 Å². The summed E-state index contributed by atoms with van der Waals surface area (Å²) in [5, 5.41) is 17.9. The van der Waals surface area contributed by atoms with Gasteiger partial charge in [-0.3, -0.25) is 10.1 Å². The van der Waals surface area contributed by atoms with E-state index in [1.165, 1.54) is 4.68 Å². The Morgan fingerprint density at radius 3 is 2.75 bits per heavy atom. The van der Waals surface area contributed by atoms with Crippen molar-refractivity contribution in [2.24, 2.45) is 7.05 Å². The molecule has 0 saturated heterocycles. The molecule has 1 N–H and O–H groups in total. The summed E-state index contributed by atoms with van der Waals surface area (Å²) in [4.78, 5) is 10.4. The van der Waals surface area contributed by atoms with Gasteiger partial charge in [0.15, 0.2) is 0 Å². The number of aromatic nitrogens is 2. The van der Waals surface area contributed by atoms with Crippen LogP contribution in [0.2, 0.25) is 0 Å². The molecular weight excluding hydrogens is 208 g/mol. The maximum Gasteiger partial charge on any atom is 0.333 e. The number of anilines is 1. The number of nitrogens with zero attached hydrogens (tertiary/aromatic N) is 3. The quantitative estimate of drug-likeness (QED) is 0.482. The molecule has 1 rings (SSSR count). The first-order valence-electron chi connectivity index (χ1n) is 4.98. The van der Waals surface area contributed by atoms with Crippen molar-refractivity contribution >= 4 is 11.5 Å². The molecule has 0 aromatic carbocycles. The van der Waals surface area contributed by atoms with Gasteiger partial charge in [0.05, 0.1) is 4.92 Å². The molecule has 0 unspecified atom stereocenters. The SMILES string of the molecule is CC(C)=CCNc1c([N+](=O)[O-])c(C)nn1C. The van der Waals surface area contributed by atoms with Crippen molar-refractivity contribution in [1.82, 2.24) is 9.78 Å². The fraction of sp³-hybridized carbons (Fsp3) is 0.500. The monoisotopic (exact) mass is 224 g/mol. The van der Waals surface area contributed by atoms with Gasteiger partial charge in [-0.1, -0.05) is 11.6 Å². The van der Waals surface area contributed by atoms with E-state index in [2.05, 4.69) is 10.4 Å². The molecule has 88 valence electrons. The molecule has 1 aromatic rings. The fourth-order valence-electron chi connectivity index (χ4n) is 1.42. The minimum atomic E-state index is -0.410. The lowest BCUT2D eigenvalue weighted by molar-refractivity contribution is -0.384. The lowest BCUT2D eigenvalue weighted by atomic mass is 10.3. The van der Waals surface area contributed by atoms with Crippen LogP contribution in [0.1, 0.15) is 19.5 Å².